The van der Waals surface area contributed by atoms with Crippen molar-refractivity contribution < 1.29 is 42.5 Å². The number of nitrogens with zero attached hydrogens (tertiary/aromatic N) is 3. The third kappa shape index (κ3) is 37.2. The van der Waals surface area contributed by atoms with Gasteiger partial charge in [0.25, 0.3) is 0 Å². The van der Waals surface area contributed by atoms with Crippen LogP contribution in [0.4, 0.5) is 0 Å². The van der Waals surface area contributed by atoms with E-state index >= 15 is 0 Å². The molecule has 0 saturated carbocycles. The summed E-state index contributed by atoms with van der Waals surface area (Å²) in [6.07, 6.45) is 0. The minimum Gasteiger partial charge on any atom is -0.373 e. The van der Waals surface area contributed by atoms with Gasteiger partial charge in [-0.15, -0.1) is 0 Å². The van der Waals surface area contributed by atoms with Crippen LogP contribution in [0.3, 0.4) is 0 Å². The minimum absolute atomic E-state index is 0. The monoisotopic (exact) mass is 273 g/mol. The van der Waals surface area contributed by atoms with Gasteiger partial charge in [-0.05, 0) is 6.92 Å². The van der Waals surface area contributed by atoms with Crippen molar-refractivity contribution in [1.29, 1.82) is 0 Å². The Morgan fingerprint density at radius 1 is 1.25 bits per heavy atom. The van der Waals surface area contributed by atoms with Gasteiger partial charge < -0.3 is 11.1 Å². The molecule has 9 heteroatoms. The van der Waals surface area contributed by atoms with Gasteiger partial charge in [0.05, 0.1) is 0 Å². The molecule has 0 bridgehead atoms. The molecule has 0 radical (unpaired) electrons. The summed E-state index contributed by atoms with van der Waals surface area (Å²) in [5, 5.41) is 0. The van der Waals surface area contributed by atoms with Gasteiger partial charge in [-0.3, -0.25) is 9.46 Å². The molecule has 0 heterocycles. The van der Waals surface area contributed by atoms with Crippen LogP contribution in [0.15, 0.2) is 30.3 Å². The largest absolute Gasteiger partial charge is 1.00 e. The Morgan fingerprint density at radius 3 is 1.62 bits per heavy atom. The summed E-state index contributed by atoms with van der Waals surface area (Å²) in [5.41, 5.74) is 14.8. The average molecular weight is 274 g/mol. The molecule has 1 N–H and O–H groups in total. The van der Waals surface area contributed by atoms with Crippen LogP contribution >= 0.6 is 10.7 Å². The second kappa shape index (κ2) is 12.8. The van der Waals surface area contributed by atoms with Crippen molar-refractivity contribution in [3.63, 3.8) is 0 Å². The molecule has 0 spiro atoms. The first kappa shape index (κ1) is 21.1. The number of benzene rings is 1. The molecule has 0 fully saturated rings. The van der Waals surface area contributed by atoms with Crippen LogP contribution in [0.25, 0.3) is 16.0 Å². The Bertz CT molecular complexity index is 385. The van der Waals surface area contributed by atoms with Gasteiger partial charge in [0.15, 0.2) is 0 Å². The number of halogens is 1. The van der Waals surface area contributed by atoms with E-state index in [1.807, 2.05) is 18.2 Å². The molecule has 16 heavy (non-hydrogen) atoms. The fraction of sp³-hybridized carbons (Fsp3) is 0.143. The second-order valence-electron chi connectivity index (χ2n) is 2.16. The maximum atomic E-state index is 8.95. The van der Waals surface area contributed by atoms with Crippen molar-refractivity contribution in [2.45, 2.75) is 6.92 Å². The van der Waals surface area contributed by atoms with Crippen LogP contribution in [0.5, 0.6) is 0 Å². The molecule has 0 aliphatic carbocycles. The Hall–Kier alpha value is -0.270. The third-order valence-electron chi connectivity index (χ3n) is 0.940. The molecule has 6 nitrogen and oxygen atoms in total. The molecule has 0 aliphatic heterocycles. The van der Waals surface area contributed by atoms with E-state index in [4.69, 9.17) is 24.0 Å². The summed E-state index contributed by atoms with van der Waals surface area (Å²) in [6.45, 7) is 2.08. The van der Waals surface area contributed by atoms with Gasteiger partial charge in [-0.25, -0.2) is 0 Å². The maximum absolute atomic E-state index is 8.95. The molecule has 0 aliphatic rings. The van der Waals surface area contributed by atoms with E-state index in [2.05, 4.69) is 29.7 Å². The zero-order chi connectivity index (χ0) is 12.3. The summed E-state index contributed by atoms with van der Waals surface area (Å²) in [4.78, 5) is 1.50. The normalized spacial score (nSPS) is 7.94. The van der Waals surface area contributed by atoms with E-state index in [0.29, 0.717) is 0 Å². The molecule has 0 atom stereocenters. The van der Waals surface area contributed by atoms with Gasteiger partial charge >= 0.3 is 38.9 Å². The van der Waals surface area contributed by atoms with Crippen LogP contribution in [-0.4, -0.2) is 13.0 Å². The molecule has 1 aromatic rings. The molecule has 1 aromatic carbocycles. The van der Waals surface area contributed by atoms with E-state index in [-0.39, 0.29) is 29.6 Å². The standard InChI is InChI=1S/C7H8.ClHO3S.N3.Na/c1-7-5-3-2-4-6-7;1-5(2,3)4;1-3-2;/h2-6H,1H3;(H,2,3,4);;/q;;-1;+1. The van der Waals surface area contributed by atoms with Crippen LogP contribution in [0.2, 0.25) is 0 Å². The Labute approximate surface area is 121 Å². The van der Waals surface area contributed by atoms with E-state index in [1.165, 1.54) is 10.5 Å². The molecule has 0 unspecified atom stereocenters. The van der Waals surface area contributed by atoms with Crippen molar-refractivity contribution in [2.75, 3.05) is 0 Å². The van der Waals surface area contributed by atoms with Crippen LogP contribution in [0.1, 0.15) is 5.56 Å². The molecule has 0 aromatic heterocycles. The summed E-state index contributed by atoms with van der Waals surface area (Å²) >= 11 is 0. The van der Waals surface area contributed by atoms with Crippen molar-refractivity contribution in [1.82, 2.24) is 0 Å². The van der Waals surface area contributed by atoms with Gasteiger partial charge in [0, 0.05) is 10.7 Å². The van der Waals surface area contributed by atoms with E-state index in [1.54, 1.807) is 0 Å². The van der Waals surface area contributed by atoms with Gasteiger partial charge in [0.2, 0.25) is 0 Å². The van der Waals surface area contributed by atoms with Crippen molar-refractivity contribution in [3.05, 3.63) is 51.9 Å². The van der Waals surface area contributed by atoms with E-state index in [9.17, 15) is 0 Å². The first-order valence-electron chi connectivity index (χ1n) is 3.48. The Kier molecular flexibility index (Phi) is 16.8. The number of rotatable bonds is 0. The fourth-order valence-corrected chi connectivity index (χ4v) is 0.534. The Morgan fingerprint density at radius 2 is 1.50 bits per heavy atom. The maximum Gasteiger partial charge on any atom is 1.00 e. The second-order valence-corrected chi connectivity index (χ2v) is 4.15. The summed E-state index contributed by atoms with van der Waals surface area (Å²) < 4.78 is 25.2. The SMILES string of the molecule is Cc1ccccc1.O=S(=O)(O)Cl.[N-]=[N+]=[N-].[Na+]. The summed E-state index contributed by atoms with van der Waals surface area (Å²) in [6, 6.07) is 10.3. The van der Waals surface area contributed by atoms with Gasteiger partial charge in [-0.1, -0.05) is 35.9 Å². The molecule has 84 valence electrons. The zero-order valence-corrected chi connectivity index (χ0v) is 12.4. The molecular formula is C7H9ClN3NaO3S. The fourth-order valence-electron chi connectivity index (χ4n) is 0.534. The topological polar surface area (TPSA) is 113 Å². The molecule has 0 saturated heterocycles. The predicted octanol–water partition coefficient (Wildman–Crippen LogP) is -0.107. The first-order valence-corrected chi connectivity index (χ1v) is 5.75. The van der Waals surface area contributed by atoms with E-state index in [0.717, 1.165) is 0 Å². The number of aryl methyl sites for hydroxylation is 1. The van der Waals surface area contributed by atoms with Crippen LogP contribution in [0, 0.1) is 6.92 Å². The van der Waals surface area contributed by atoms with Crippen molar-refractivity contribution >= 4 is 20.0 Å². The quantitative estimate of drug-likeness (QED) is 0.178. The van der Waals surface area contributed by atoms with Crippen LogP contribution in [-0.2, 0) is 9.33 Å². The Balaban J connectivity index is -0.000000168. The molecular weight excluding hydrogens is 265 g/mol. The van der Waals surface area contributed by atoms with Gasteiger partial charge in [-0.2, -0.15) is 8.42 Å². The molecule has 1 rings (SSSR count). The van der Waals surface area contributed by atoms with Gasteiger partial charge in [0.1, 0.15) is 0 Å². The van der Waals surface area contributed by atoms with Crippen molar-refractivity contribution in [2.24, 2.45) is 0 Å². The smallest absolute Gasteiger partial charge is 0.373 e. The first-order chi connectivity index (χ1) is 6.81. The third-order valence-corrected chi connectivity index (χ3v) is 0.940. The summed E-state index contributed by atoms with van der Waals surface area (Å²) in [7, 11) is -0.137. The van der Waals surface area contributed by atoms with Crippen LogP contribution < -0.4 is 29.6 Å². The van der Waals surface area contributed by atoms with E-state index < -0.39 is 9.33 Å². The van der Waals surface area contributed by atoms with Crippen molar-refractivity contribution in [3.8, 4) is 0 Å². The summed E-state index contributed by atoms with van der Waals surface area (Å²) in [5.74, 6) is 0. The molecule has 0 amide bonds. The minimum atomic E-state index is -4.19. The predicted molar refractivity (Wildman–Crippen MR) is 58.7 cm³/mol. The average Bonchev–Trinajstić information content (AvgIpc) is 2.03. The zero-order valence-electron chi connectivity index (χ0n) is 8.78. The number of hydrogen-bond donors (Lipinski definition) is 1. The number of hydrogen-bond acceptors (Lipinski definition) is 2.